The maximum absolute atomic E-state index is 12.2. The molecular formula is C24H44O5. The fourth-order valence-electron chi connectivity index (χ4n) is 4.53. The van der Waals surface area contributed by atoms with Gasteiger partial charge in [0.25, 0.3) is 0 Å². The first kappa shape index (κ1) is 25.9. The van der Waals surface area contributed by atoms with Crippen molar-refractivity contribution in [1.29, 1.82) is 0 Å². The summed E-state index contributed by atoms with van der Waals surface area (Å²) < 4.78 is 5.74. The van der Waals surface area contributed by atoms with Crippen molar-refractivity contribution in [2.45, 2.75) is 123 Å². The zero-order chi connectivity index (χ0) is 21.9. The molecule has 3 unspecified atom stereocenters. The van der Waals surface area contributed by atoms with Crippen molar-refractivity contribution < 1.29 is 24.5 Å². The van der Waals surface area contributed by atoms with Crippen molar-refractivity contribution in [3.05, 3.63) is 0 Å². The van der Waals surface area contributed by atoms with E-state index in [2.05, 4.69) is 27.7 Å². The van der Waals surface area contributed by atoms with Gasteiger partial charge in [-0.1, -0.05) is 85.5 Å². The molecule has 0 spiro atoms. The Kier molecular flexibility index (Phi) is 11.9. The van der Waals surface area contributed by atoms with E-state index in [1.54, 1.807) is 0 Å². The number of aliphatic carboxylic acids is 2. The average molecular weight is 413 g/mol. The molecule has 0 radical (unpaired) electrons. The molecule has 1 aliphatic rings. The van der Waals surface area contributed by atoms with E-state index in [1.807, 2.05) is 0 Å². The van der Waals surface area contributed by atoms with Gasteiger partial charge in [-0.2, -0.15) is 0 Å². The van der Waals surface area contributed by atoms with E-state index >= 15 is 0 Å². The number of rotatable bonds is 16. The van der Waals surface area contributed by atoms with Crippen LogP contribution < -0.4 is 0 Å². The third-order valence-electron chi connectivity index (χ3n) is 6.31. The quantitative estimate of drug-likeness (QED) is 0.291. The highest BCUT2D eigenvalue weighted by molar-refractivity contribution is 5.81. The van der Waals surface area contributed by atoms with Gasteiger partial charge in [0, 0.05) is 5.92 Å². The monoisotopic (exact) mass is 412 g/mol. The molecule has 29 heavy (non-hydrogen) atoms. The number of hydrogen-bond acceptors (Lipinski definition) is 3. The van der Waals surface area contributed by atoms with E-state index in [0.29, 0.717) is 18.8 Å². The van der Waals surface area contributed by atoms with Crippen LogP contribution in [0.2, 0.25) is 0 Å². The molecule has 1 rings (SSSR count). The van der Waals surface area contributed by atoms with Crippen molar-refractivity contribution in [3.63, 3.8) is 0 Å². The highest BCUT2D eigenvalue weighted by Gasteiger charge is 2.55. The number of hydrogen-bond donors (Lipinski definition) is 2. The lowest BCUT2D eigenvalue weighted by atomic mass is 9.79. The van der Waals surface area contributed by atoms with Crippen LogP contribution in [-0.4, -0.2) is 33.9 Å². The molecule has 0 bridgehead atoms. The van der Waals surface area contributed by atoms with Gasteiger partial charge >= 0.3 is 11.9 Å². The van der Waals surface area contributed by atoms with Gasteiger partial charge in [-0.15, -0.1) is 0 Å². The molecule has 0 aromatic heterocycles. The van der Waals surface area contributed by atoms with Crippen LogP contribution in [0, 0.1) is 17.8 Å². The standard InChI is InChI=1S/C24H44O5/c1-18(2)13-9-5-6-11-15-20-17-21(22(25)26)29-24(20,23(27)28)16-12-8-7-10-14-19(3)4/h18-21H,5-17H2,1-4H3,(H,25,26)(H,27,28). The first-order valence-electron chi connectivity index (χ1n) is 11.8. The van der Waals surface area contributed by atoms with E-state index in [0.717, 1.165) is 57.3 Å². The van der Waals surface area contributed by atoms with Gasteiger partial charge < -0.3 is 14.9 Å². The number of unbranched alkanes of at least 4 members (excludes halogenated alkanes) is 6. The lowest BCUT2D eigenvalue weighted by Gasteiger charge is -2.30. The normalized spacial score (nSPS) is 24.5. The molecule has 0 aromatic rings. The summed E-state index contributed by atoms with van der Waals surface area (Å²) in [5, 5.41) is 19.4. The number of carboxylic acid groups (broad SMARTS) is 2. The second-order valence-corrected chi connectivity index (χ2v) is 9.80. The van der Waals surface area contributed by atoms with Gasteiger partial charge in [0.05, 0.1) is 0 Å². The summed E-state index contributed by atoms with van der Waals surface area (Å²) in [4.78, 5) is 23.7. The minimum Gasteiger partial charge on any atom is -0.479 e. The van der Waals surface area contributed by atoms with Crippen molar-refractivity contribution in [2.24, 2.45) is 17.8 Å². The van der Waals surface area contributed by atoms with Crippen molar-refractivity contribution in [1.82, 2.24) is 0 Å². The Morgan fingerprint density at radius 3 is 1.86 bits per heavy atom. The smallest absolute Gasteiger partial charge is 0.336 e. The van der Waals surface area contributed by atoms with E-state index in [9.17, 15) is 19.8 Å². The van der Waals surface area contributed by atoms with Gasteiger partial charge in [0.15, 0.2) is 11.7 Å². The van der Waals surface area contributed by atoms with Crippen LogP contribution in [0.5, 0.6) is 0 Å². The van der Waals surface area contributed by atoms with E-state index < -0.39 is 23.6 Å². The molecular weight excluding hydrogens is 368 g/mol. The summed E-state index contributed by atoms with van der Waals surface area (Å²) in [5.41, 5.74) is -1.32. The topological polar surface area (TPSA) is 83.8 Å². The van der Waals surface area contributed by atoms with E-state index in [1.165, 1.54) is 19.3 Å². The SMILES string of the molecule is CC(C)CCCCCCC1CC(C(=O)O)OC1(CCCCCCC(C)C)C(=O)O. The molecule has 1 fully saturated rings. The van der Waals surface area contributed by atoms with Crippen molar-refractivity contribution >= 4 is 11.9 Å². The zero-order valence-corrected chi connectivity index (χ0v) is 19.1. The summed E-state index contributed by atoms with van der Waals surface area (Å²) in [7, 11) is 0. The van der Waals surface area contributed by atoms with E-state index in [-0.39, 0.29) is 5.92 Å². The second kappa shape index (κ2) is 13.3. The maximum atomic E-state index is 12.2. The Labute approximate surface area is 177 Å². The zero-order valence-electron chi connectivity index (χ0n) is 19.1. The number of carboxylic acids is 2. The predicted molar refractivity (Wildman–Crippen MR) is 116 cm³/mol. The van der Waals surface area contributed by atoms with Crippen molar-refractivity contribution in [2.75, 3.05) is 0 Å². The largest absolute Gasteiger partial charge is 0.479 e. The fraction of sp³-hybridized carbons (Fsp3) is 0.917. The minimum absolute atomic E-state index is 0.207. The summed E-state index contributed by atoms with van der Waals surface area (Å²) in [6.45, 7) is 8.88. The molecule has 0 aliphatic carbocycles. The summed E-state index contributed by atoms with van der Waals surface area (Å²) in [5.74, 6) is -0.809. The molecule has 5 nitrogen and oxygen atoms in total. The van der Waals surface area contributed by atoms with Crippen LogP contribution in [0.25, 0.3) is 0 Å². The Bertz CT molecular complexity index is 488. The molecule has 0 aromatic carbocycles. The number of carbonyl (C=O) groups is 2. The summed E-state index contributed by atoms with van der Waals surface area (Å²) >= 11 is 0. The Morgan fingerprint density at radius 2 is 1.38 bits per heavy atom. The van der Waals surface area contributed by atoms with Gasteiger partial charge in [-0.3, -0.25) is 0 Å². The predicted octanol–water partition coefficient (Wildman–Crippen LogP) is 6.29. The molecule has 1 heterocycles. The Morgan fingerprint density at radius 1 is 0.862 bits per heavy atom. The highest BCUT2D eigenvalue weighted by Crippen LogP contribution is 2.43. The third-order valence-corrected chi connectivity index (χ3v) is 6.31. The van der Waals surface area contributed by atoms with Crippen LogP contribution in [-0.2, 0) is 14.3 Å². The maximum Gasteiger partial charge on any atom is 0.336 e. The van der Waals surface area contributed by atoms with Crippen LogP contribution in [0.1, 0.15) is 111 Å². The van der Waals surface area contributed by atoms with Gasteiger partial charge in [0.1, 0.15) is 0 Å². The van der Waals surface area contributed by atoms with Crippen LogP contribution in [0.4, 0.5) is 0 Å². The van der Waals surface area contributed by atoms with Gasteiger partial charge in [0.2, 0.25) is 0 Å². The Hall–Kier alpha value is -1.10. The first-order valence-corrected chi connectivity index (χ1v) is 11.8. The first-order chi connectivity index (χ1) is 13.7. The van der Waals surface area contributed by atoms with Crippen LogP contribution in [0.15, 0.2) is 0 Å². The van der Waals surface area contributed by atoms with E-state index in [4.69, 9.17) is 4.74 Å². The van der Waals surface area contributed by atoms with Gasteiger partial charge in [-0.25, -0.2) is 9.59 Å². The fourth-order valence-corrected chi connectivity index (χ4v) is 4.53. The summed E-state index contributed by atoms with van der Waals surface area (Å²) in [6, 6.07) is 0. The van der Waals surface area contributed by atoms with Gasteiger partial charge in [-0.05, 0) is 37.5 Å². The third kappa shape index (κ3) is 9.06. The molecule has 2 N–H and O–H groups in total. The number of ether oxygens (including phenoxy) is 1. The Balaban J connectivity index is 2.58. The summed E-state index contributed by atoms with van der Waals surface area (Å²) in [6.07, 6.45) is 11.3. The molecule has 170 valence electrons. The molecule has 5 heteroatoms. The van der Waals surface area contributed by atoms with Crippen molar-refractivity contribution in [3.8, 4) is 0 Å². The molecule has 1 saturated heterocycles. The van der Waals surface area contributed by atoms with Crippen LogP contribution >= 0.6 is 0 Å². The lowest BCUT2D eigenvalue weighted by molar-refractivity contribution is -0.176. The molecule has 0 amide bonds. The molecule has 0 saturated carbocycles. The average Bonchev–Trinajstić information content (AvgIpc) is 3.01. The minimum atomic E-state index is -1.32. The second-order valence-electron chi connectivity index (χ2n) is 9.80. The van der Waals surface area contributed by atoms with Crippen LogP contribution in [0.3, 0.4) is 0 Å². The molecule has 3 atom stereocenters. The lowest BCUT2D eigenvalue weighted by Crippen LogP contribution is -2.45. The molecule has 1 aliphatic heterocycles. The highest BCUT2D eigenvalue weighted by atomic mass is 16.6.